The van der Waals surface area contributed by atoms with Crippen molar-refractivity contribution in [2.75, 3.05) is 27.9 Å². The zero-order valence-corrected chi connectivity index (χ0v) is 83.2. The number of carboxylic acid groups (broad SMARTS) is 3. The Morgan fingerprint density at radius 3 is 0.932 bits per heavy atom. The molecule has 9 aromatic rings. The molecule has 9 atom stereocenters. The summed E-state index contributed by atoms with van der Waals surface area (Å²) in [4.78, 5) is 113. The van der Waals surface area contributed by atoms with Crippen molar-refractivity contribution in [1.29, 1.82) is 0 Å². The fourth-order valence-electron chi connectivity index (χ4n) is 21.2. The van der Waals surface area contributed by atoms with Gasteiger partial charge in [0.1, 0.15) is 23.9 Å². The number of likely N-dealkylation sites (tertiary alicyclic amines) is 3. The van der Waals surface area contributed by atoms with Crippen LogP contribution in [0.2, 0.25) is 0 Å². The first kappa shape index (κ1) is 112. The highest BCUT2D eigenvalue weighted by molar-refractivity contribution is 5.77. The van der Waals surface area contributed by atoms with Crippen molar-refractivity contribution in [1.82, 2.24) is 73.9 Å². The number of nitrogens with zero attached hydrogens (tertiary/aromatic N) is 18. The second kappa shape index (κ2) is 47.7. The quantitative estimate of drug-likeness (QED) is 0.0289. The van der Waals surface area contributed by atoms with Gasteiger partial charge in [-0.3, -0.25) is 28.4 Å². The van der Waals surface area contributed by atoms with Crippen LogP contribution in [0.15, 0.2) is 129 Å². The Hall–Kier alpha value is -13.0. The Balaban J connectivity index is 0.000000185. The lowest BCUT2D eigenvalue weighted by Gasteiger charge is -2.47. The Labute approximate surface area is 844 Å². The minimum Gasteiger partial charge on any atom is -0.481 e. The van der Waals surface area contributed by atoms with E-state index in [9.17, 15) is 114 Å². The molecular weight excluding hydrogens is 1970 g/mol. The van der Waals surface area contributed by atoms with Crippen molar-refractivity contribution in [2.24, 2.45) is 44.3 Å². The van der Waals surface area contributed by atoms with Crippen molar-refractivity contribution in [3.63, 3.8) is 0 Å². The fraction of sp³-hybridized carbons (Fsp3) is 0.559. The van der Waals surface area contributed by atoms with Crippen LogP contribution in [0, 0.1) is 29.0 Å². The van der Waals surface area contributed by atoms with Crippen LogP contribution in [0.25, 0.3) is 33.4 Å². The monoisotopic (exact) mass is 2090 g/mol. The van der Waals surface area contributed by atoms with Gasteiger partial charge >= 0.3 is 67.1 Å². The molecule has 3 unspecified atom stereocenters. The maximum absolute atomic E-state index is 14.5. The lowest BCUT2D eigenvalue weighted by molar-refractivity contribution is -0.151. The Morgan fingerprint density at radius 1 is 0.372 bits per heavy atom. The summed E-state index contributed by atoms with van der Waals surface area (Å²) < 4.78 is 243. The Kier molecular flexibility index (Phi) is 36.2. The van der Waals surface area contributed by atoms with E-state index in [-0.39, 0.29) is 141 Å². The number of aliphatic carboxylic acids is 3. The van der Waals surface area contributed by atoms with Gasteiger partial charge in [0.25, 0.3) is 0 Å². The molecule has 3 aliphatic carbocycles. The van der Waals surface area contributed by atoms with Crippen molar-refractivity contribution in [3.8, 4) is 33.4 Å². The summed E-state index contributed by atoms with van der Waals surface area (Å²) in [7, 11) is 5.27. The predicted octanol–water partition coefficient (Wildman–Crippen LogP) is 22.5. The predicted molar refractivity (Wildman–Crippen MR) is 509 cm³/mol. The van der Waals surface area contributed by atoms with E-state index in [1.165, 1.54) is 24.8 Å². The van der Waals surface area contributed by atoms with Gasteiger partial charge in [-0.2, -0.15) is 81.2 Å². The number of piperidine rings is 3. The molecule has 3 aromatic carbocycles. The minimum atomic E-state index is -5.02. The third-order valence-corrected chi connectivity index (χ3v) is 29.3. The first-order valence-electron chi connectivity index (χ1n) is 49.7. The van der Waals surface area contributed by atoms with Gasteiger partial charge in [0.2, 0.25) is 17.8 Å². The largest absolute Gasteiger partial charge is 0.481 e. The normalized spacial score (nSPS) is 22.4. The molecule has 46 heteroatoms. The number of amides is 3. The van der Waals surface area contributed by atoms with E-state index < -0.39 is 136 Å². The number of aromatic nitrogens is 12. The fourth-order valence-corrected chi connectivity index (χ4v) is 21.2. The van der Waals surface area contributed by atoms with Gasteiger partial charge in [-0.1, -0.05) is 54.4 Å². The van der Waals surface area contributed by atoms with E-state index in [0.29, 0.717) is 169 Å². The number of rotatable bonds is 29. The number of carbonyl (C=O) groups is 6. The van der Waals surface area contributed by atoms with Crippen LogP contribution in [0.3, 0.4) is 0 Å². The molecule has 0 bridgehead atoms. The van der Waals surface area contributed by atoms with Crippen molar-refractivity contribution < 1.29 is 129 Å². The first-order valence-corrected chi connectivity index (χ1v) is 49.7. The molecule has 6 aliphatic rings. The number of alkyl halides is 15. The third kappa shape index (κ3) is 28.0. The number of benzene rings is 3. The maximum Gasteiger partial charge on any atom is 0.416 e. The molecular formula is C102H122F16N18O12. The standard InChI is InChI=1S/C35H42F6N6O4.C34H40F6N6O4.C33H40F4N6O4/c1-4-28-13-30(14-29(5-2)47(28)33(50)51-20-21-6-8-23(9-7-21)31(48)49)46(32-42-15-24(16-43-32)25-17-44-45(3)19-25)18-22-10-26(34(36,37)38)12-27(11-22)35(39,40)41;1-4-26-13-28(14-27(5-2)46(26)31(49)50-20-32(29(47)48)8-6-7-9-32)45(30-41-15-22(16-42-30)23-17-43-44(3)19-23)18-21-10-24(33(35,36)37)12-25(11-21)34(38,39)40;1-4-26-13-28(14-27(5-2)43(26)32(46)47-29-8-6-21(7-9-29)30(44)45)42(18-20-10-24(33(35,36)37)12-25(34)11-20)31-38-15-22(16-39-31)23-17-40-41(3)19-23/h10-12,15-17,19,21,23,28-30H,4-9,13-14,18,20H2,1-3H3,(H,48,49);10-12,15-17,19,26-28H,4-9,13-14,18,20H2,1-3H3,(H,47,48);10-12,15-17,19,21,26-29H,4-9,13-14,18H2,1-3H3,(H,44,45)/t21?,23?,28-,29+,30?;26-,27+,28?;21?,26-,27+,28?,29?. The van der Waals surface area contributed by atoms with Crippen molar-refractivity contribution in [2.45, 2.75) is 307 Å². The van der Waals surface area contributed by atoms with E-state index in [1.54, 1.807) is 103 Å². The van der Waals surface area contributed by atoms with Crippen LogP contribution < -0.4 is 14.7 Å². The Bertz CT molecular complexity index is 5880. The van der Waals surface area contributed by atoms with Crippen LogP contribution in [0.4, 0.5) is 102 Å². The highest BCUT2D eigenvalue weighted by atomic mass is 19.4. The summed E-state index contributed by atoms with van der Waals surface area (Å²) in [5.41, 5.74) is -4.02. The summed E-state index contributed by atoms with van der Waals surface area (Å²) in [6, 6.07) is 2.24. The van der Waals surface area contributed by atoms with Gasteiger partial charge in [0.05, 0.1) is 64.9 Å². The molecule has 0 radical (unpaired) electrons. The van der Waals surface area contributed by atoms with Crippen LogP contribution >= 0.6 is 0 Å². The lowest BCUT2D eigenvalue weighted by Crippen LogP contribution is -2.57. The summed E-state index contributed by atoms with van der Waals surface area (Å²) in [5.74, 6) is -3.91. The van der Waals surface area contributed by atoms with E-state index in [1.807, 2.05) is 52.6 Å². The van der Waals surface area contributed by atoms with Gasteiger partial charge in [0, 0.05) is 184 Å². The topological polar surface area (TPSA) is 341 Å². The number of halogens is 16. The van der Waals surface area contributed by atoms with Crippen LogP contribution in [-0.4, -0.2) is 199 Å². The molecule has 0 spiro atoms. The molecule has 3 saturated carbocycles. The summed E-state index contributed by atoms with van der Waals surface area (Å²) in [6.45, 7) is 10.6. The number of hydrogen-bond acceptors (Lipinski definition) is 21. The van der Waals surface area contributed by atoms with E-state index in [2.05, 4.69) is 45.2 Å². The molecule has 30 nitrogen and oxygen atoms in total. The number of hydrogen-bond donors (Lipinski definition) is 3. The number of aryl methyl sites for hydroxylation is 3. The van der Waals surface area contributed by atoms with Gasteiger partial charge in [0.15, 0.2) is 0 Å². The van der Waals surface area contributed by atoms with Crippen molar-refractivity contribution in [3.05, 3.63) is 179 Å². The lowest BCUT2D eigenvalue weighted by atomic mass is 9.82. The number of ether oxygens (including phenoxy) is 3. The summed E-state index contributed by atoms with van der Waals surface area (Å²) >= 11 is 0. The van der Waals surface area contributed by atoms with E-state index in [4.69, 9.17) is 14.2 Å². The minimum absolute atomic E-state index is 0.0542. The smallest absolute Gasteiger partial charge is 0.416 e. The molecule has 15 rings (SSSR count). The summed E-state index contributed by atoms with van der Waals surface area (Å²) in [6.07, 6.45) is 4.62. The zero-order valence-electron chi connectivity index (χ0n) is 83.2. The molecule has 3 saturated heterocycles. The second-order valence-corrected chi connectivity index (χ2v) is 39.2. The molecule has 3 N–H and O–H groups in total. The summed E-state index contributed by atoms with van der Waals surface area (Å²) in [5, 5.41) is 40.9. The zero-order chi connectivity index (χ0) is 107. The van der Waals surface area contributed by atoms with Crippen LogP contribution in [-0.2, 0) is 100 Å². The number of anilines is 3. The SMILES string of the molecule is CC[C@@H]1CC(N(Cc2cc(C(F)(F)F)cc(C(F)(F)F)c2)c2ncc(-c3cnn(C)c3)cn2)C[C@H](CC)N1C(=O)OCC1(C(=O)O)CCCC1.CC[C@@H]1CC(N(Cc2cc(C(F)(F)F)cc(C(F)(F)F)c2)c2ncc(-c3cnn(C)c3)cn2)C[C@H](CC)N1C(=O)OCC1CCC(C(=O)O)CC1.CC[C@@H]1CC(N(Cc2cc(F)cc(C(F)(F)F)c2)c2ncc(-c3cnn(C)c3)cn2)C[C@H](CC)N1C(=O)OC1CCC(C(=O)O)CC1. The van der Waals surface area contributed by atoms with Crippen LogP contribution in [0.1, 0.15) is 240 Å². The van der Waals surface area contributed by atoms with Crippen molar-refractivity contribution >= 4 is 54.0 Å². The highest BCUT2D eigenvalue weighted by Gasteiger charge is 2.50. The molecule has 148 heavy (non-hydrogen) atoms. The van der Waals surface area contributed by atoms with E-state index >= 15 is 0 Å². The maximum atomic E-state index is 14.5. The van der Waals surface area contributed by atoms with Gasteiger partial charge in [-0.15, -0.1) is 0 Å². The molecule has 3 amide bonds. The first-order chi connectivity index (χ1) is 70.0. The highest BCUT2D eigenvalue weighted by Crippen LogP contribution is 2.46. The number of carboxylic acids is 3. The van der Waals surface area contributed by atoms with Gasteiger partial charge in [-0.05, 0) is 218 Å². The molecule has 804 valence electrons. The molecule has 6 fully saturated rings. The van der Waals surface area contributed by atoms with Gasteiger partial charge in [-0.25, -0.2) is 48.7 Å². The molecule has 3 aliphatic heterocycles. The average Bonchev–Trinajstić information content (AvgIpc) is 0.827. The molecule has 6 aromatic heterocycles. The Morgan fingerprint density at radius 2 is 0.655 bits per heavy atom. The number of carbonyl (C=O) groups excluding carboxylic acids is 3. The van der Waals surface area contributed by atoms with E-state index in [0.717, 1.165) is 48.2 Å². The second-order valence-electron chi connectivity index (χ2n) is 39.2. The average molecular weight is 2100 g/mol. The van der Waals surface area contributed by atoms with Crippen LogP contribution in [0.5, 0.6) is 0 Å². The molecule has 9 heterocycles. The third-order valence-electron chi connectivity index (χ3n) is 29.3. The van der Waals surface area contributed by atoms with Gasteiger partial charge < -0.3 is 58.9 Å².